The molecule has 0 unspecified atom stereocenters. The van der Waals surface area contributed by atoms with Crippen molar-refractivity contribution >= 4 is 54.7 Å². The minimum Gasteiger partial charge on any atom is -0.139 e. The first kappa shape index (κ1) is 22.3. The van der Waals surface area contributed by atoms with Crippen LogP contribution >= 0.6 is 45.3 Å². The Labute approximate surface area is 197 Å². The van der Waals surface area contributed by atoms with Crippen molar-refractivity contribution in [3.63, 3.8) is 0 Å². The van der Waals surface area contributed by atoms with Gasteiger partial charge in [0.05, 0.1) is 0 Å². The van der Waals surface area contributed by atoms with Crippen molar-refractivity contribution < 1.29 is 0 Å². The predicted molar refractivity (Wildman–Crippen MR) is 142 cm³/mol. The Kier molecular flexibility index (Phi) is 8.22. The van der Waals surface area contributed by atoms with E-state index in [9.17, 15) is 0 Å². The van der Waals surface area contributed by atoms with Crippen LogP contribution in [0, 0.1) is 0 Å². The van der Waals surface area contributed by atoms with E-state index in [2.05, 4.69) is 50.2 Å². The Hall–Kier alpha value is -0.940. The summed E-state index contributed by atoms with van der Waals surface area (Å²) < 4.78 is 2.89. The second-order valence-corrected chi connectivity index (χ2v) is 12.6. The van der Waals surface area contributed by atoms with Gasteiger partial charge in [-0.1, -0.05) is 52.4 Å². The SMILES string of the molecule is CCCCCCc1ccc(-c2cc3sc(-c4ccc(CCCCCC)s4)cc3s2)s1. The molecule has 0 aromatic carbocycles. The Balaban J connectivity index is 1.40. The molecule has 0 aliphatic rings. The van der Waals surface area contributed by atoms with Gasteiger partial charge in [-0.2, -0.15) is 0 Å². The molecule has 4 aromatic heterocycles. The van der Waals surface area contributed by atoms with Crippen LogP contribution in [0.5, 0.6) is 0 Å². The summed E-state index contributed by atoms with van der Waals surface area (Å²) in [5.41, 5.74) is 0. The molecule has 0 spiro atoms. The molecule has 0 nitrogen and oxygen atoms in total. The molecule has 0 aliphatic carbocycles. The van der Waals surface area contributed by atoms with E-state index in [4.69, 9.17) is 0 Å². The van der Waals surface area contributed by atoms with Crippen LogP contribution < -0.4 is 0 Å². The Morgan fingerprint density at radius 3 is 1.40 bits per heavy atom. The van der Waals surface area contributed by atoms with Gasteiger partial charge in [0.2, 0.25) is 0 Å². The molecule has 4 heterocycles. The van der Waals surface area contributed by atoms with Crippen LogP contribution in [0.2, 0.25) is 0 Å². The molecular formula is C26H32S4. The largest absolute Gasteiger partial charge is 0.139 e. The van der Waals surface area contributed by atoms with Crippen LogP contribution in [0.4, 0.5) is 0 Å². The number of hydrogen-bond acceptors (Lipinski definition) is 4. The third kappa shape index (κ3) is 5.64. The van der Waals surface area contributed by atoms with E-state index in [1.807, 2.05) is 45.3 Å². The van der Waals surface area contributed by atoms with Gasteiger partial charge in [0, 0.05) is 38.7 Å². The van der Waals surface area contributed by atoms with Crippen molar-refractivity contribution in [3.8, 4) is 19.5 Å². The first-order valence-electron chi connectivity index (χ1n) is 11.5. The van der Waals surface area contributed by atoms with Gasteiger partial charge in [0.25, 0.3) is 0 Å². The van der Waals surface area contributed by atoms with Crippen LogP contribution in [0.3, 0.4) is 0 Å². The average molecular weight is 473 g/mol. The quantitative estimate of drug-likeness (QED) is 0.180. The zero-order valence-corrected chi connectivity index (χ0v) is 21.4. The zero-order chi connectivity index (χ0) is 20.8. The first-order valence-corrected chi connectivity index (χ1v) is 14.7. The van der Waals surface area contributed by atoms with E-state index < -0.39 is 0 Å². The molecule has 0 saturated carbocycles. The second-order valence-electron chi connectivity index (χ2n) is 8.10. The third-order valence-corrected chi connectivity index (χ3v) is 10.5. The Bertz CT molecular complexity index is 931. The van der Waals surface area contributed by atoms with Gasteiger partial charge in [0.15, 0.2) is 0 Å². The number of thiophene rings is 4. The summed E-state index contributed by atoms with van der Waals surface area (Å²) in [4.78, 5) is 8.86. The van der Waals surface area contributed by atoms with E-state index in [0.717, 1.165) is 0 Å². The minimum absolute atomic E-state index is 1.24. The lowest BCUT2D eigenvalue weighted by Gasteiger charge is -1.97. The molecule has 0 atom stereocenters. The highest BCUT2D eigenvalue weighted by Crippen LogP contribution is 2.44. The fourth-order valence-electron chi connectivity index (χ4n) is 3.82. The standard InChI is InChI=1S/C26H32S4/c1-3-5-7-9-11-19-13-15-21(27-19)23-17-25-26(29-23)18-24(30-25)22-16-14-20(28-22)12-10-8-6-4-2/h13-18H,3-12H2,1-2H3. The highest BCUT2D eigenvalue weighted by atomic mass is 32.1. The lowest BCUT2D eigenvalue weighted by atomic mass is 10.1. The molecule has 0 aliphatic heterocycles. The molecule has 4 heteroatoms. The summed E-state index contributed by atoms with van der Waals surface area (Å²) in [6, 6.07) is 14.2. The van der Waals surface area contributed by atoms with Crippen molar-refractivity contribution in [1.29, 1.82) is 0 Å². The highest BCUT2D eigenvalue weighted by molar-refractivity contribution is 7.33. The van der Waals surface area contributed by atoms with Crippen molar-refractivity contribution in [2.24, 2.45) is 0 Å². The number of hydrogen-bond donors (Lipinski definition) is 0. The van der Waals surface area contributed by atoms with E-state index in [1.54, 1.807) is 9.75 Å². The summed E-state index contributed by atoms with van der Waals surface area (Å²) in [6.45, 7) is 4.56. The Morgan fingerprint density at radius 1 is 0.500 bits per heavy atom. The topological polar surface area (TPSA) is 0 Å². The first-order chi connectivity index (χ1) is 14.8. The monoisotopic (exact) mass is 472 g/mol. The molecule has 0 saturated heterocycles. The maximum Gasteiger partial charge on any atom is 0.0464 e. The maximum absolute atomic E-state index is 2.42. The van der Waals surface area contributed by atoms with Crippen molar-refractivity contribution in [3.05, 3.63) is 46.2 Å². The average Bonchev–Trinajstić information content (AvgIpc) is 3.51. The van der Waals surface area contributed by atoms with Crippen LogP contribution in [-0.4, -0.2) is 0 Å². The highest BCUT2D eigenvalue weighted by Gasteiger charge is 2.13. The number of rotatable bonds is 12. The van der Waals surface area contributed by atoms with Crippen molar-refractivity contribution in [2.75, 3.05) is 0 Å². The van der Waals surface area contributed by atoms with Crippen LogP contribution in [0.25, 0.3) is 28.9 Å². The molecule has 0 radical (unpaired) electrons. The zero-order valence-electron chi connectivity index (χ0n) is 18.2. The van der Waals surface area contributed by atoms with Crippen LogP contribution in [0.15, 0.2) is 36.4 Å². The molecular weight excluding hydrogens is 441 g/mol. The molecule has 4 aromatic rings. The summed E-state index contributed by atoms with van der Waals surface area (Å²) in [5.74, 6) is 0. The lowest BCUT2D eigenvalue weighted by molar-refractivity contribution is 0.670. The summed E-state index contributed by atoms with van der Waals surface area (Å²) >= 11 is 7.91. The third-order valence-electron chi connectivity index (χ3n) is 5.57. The molecule has 160 valence electrons. The predicted octanol–water partition coefficient (Wildman–Crippen LogP) is 10.7. The summed E-state index contributed by atoms with van der Waals surface area (Å²) in [5, 5.41) is 0. The van der Waals surface area contributed by atoms with Crippen molar-refractivity contribution in [2.45, 2.75) is 78.1 Å². The van der Waals surface area contributed by atoms with Gasteiger partial charge in [0.1, 0.15) is 0 Å². The van der Waals surface area contributed by atoms with Gasteiger partial charge >= 0.3 is 0 Å². The Morgan fingerprint density at radius 2 is 0.967 bits per heavy atom. The van der Waals surface area contributed by atoms with E-state index in [1.165, 1.54) is 93.1 Å². The summed E-state index contributed by atoms with van der Waals surface area (Å²) in [6.07, 6.45) is 13.2. The van der Waals surface area contributed by atoms with E-state index in [-0.39, 0.29) is 0 Å². The second kappa shape index (κ2) is 11.1. The normalized spacial score (nSPS) is 11.7. The van der Waals surface area contributed by atoms with Crippen LogP contribution in [0.1, 0.15) is 75.0 Å². The molecule has 0 fully saturated rings. The van der Waals surface area contributed by atoms with Gasteiger partial charge in [-0.15, -0.1) is 45.3 Å². The molecule has 4 rings (SSSR count). The number of aryl methyl sites for hydroxylation is 2. The lowest BCUT2D eigenvalue weighted by Crippen LogP contribution is -1.80. The van der Waals surface area contributed by atoms with Gasteiger partial charge in [-0.25, -0.2) is 0 Å². The molecule has 0 amide bonds. The number of unbranched alkanes of at least 4 members (excludes halogenated alkanes) is 6. The van der Waals surface area contributed by atoms with Crippen molar-refractivity contribution in [1.82, 2.24) is 0 Å². The molecule has 0 N–H and O–H groups in total. The van der Waals surface area contributed by atoms with E-state index in [0.29, 0.717) is 0 Å². The van der Waals surface area contributed by atoms with Crippen LogP contribution in [-0.2, 0) is 12.8 Å². The number of fused-ring (bicyclic) bond motifs is 1. The van der Waals surface area contributed by atoms with Gasteiger partial charge < -0.3 is 0 Å². The van der Waals surface area contributed by atoms with Gasteiger partial charge in [-0.05, 0) is 62.1 Å². The van der Waals surface area contributed by atoms with Gasteiger partial charge in [-0.3, -0.25) is 0 Å². The fraction of sp³-hybridized carbons (Fsp3) is 0.462. The fourth-order valence-corrected chi connectivity index (χ4v) is 8.48. The molecule has 30 heavy (non-hydrogen) atoms. The molecule has 0 bridgehead atoms. The maximum atomic E-state index is 2.42. The minimum atomic E-state index is 1.24. The smallest absolute Gasteiger partial charge is 0.0464 e. The van der Waals surface area contributed by atoms with E-state index >= 15 is 0 Å². The summed E-state index contributed by atoms with van der Waals surface area (Å²) in [7, 11) is 0.